The van der Waals surface area contributed by atoms with Gasteiger partial charge in [-0.05, 0) is 140 Å². The molecule has 50 heavy (non-hydrogen) atoms. The third-order valence-corrected chi connectivity index (χ3v) is 11.3. The van der Waals surface area contributed by atoms with E-state index in [1.807, 2.05) is 0 Å². The van der Waals surface area contributed by atoms with E-state index in [4.69, 9.17) is 0 Å². The summed E-state index contributed by atoms with van der Waals surface area (Å²) in [4.78, 5) is 0. The molecule has 242 valence electrons. The molecule has 7 aromatic carbocycles. The number of hydrogen-bond donors (Lipinski definition) is 0. The molecular formula is C50H42. The van der Waals surface area contributed by atoms with Gasteiger partial charge in [0.1, 0.15) is 0 Å². The molecule has 0 saturated heterocycles. The molecule has 0 aromatic heterocycles. The SMILES string of the molecule is c1ccc2c(c1)Cc1ccccc1Cc1cc(c3cc1Cc1ccccc1Cc1ccccc1Cc1ccccc1C3)Cc1ccccc1C2. The topological polar surface area (TPSA) is 0 Å². The molecule has 2 aliphatic carbocycles. The van der Waals surface area contributed by atoms with Crippen molar-refractivity contribution >= 4 is 0 Å². The largest absolute Gasteiger partial charge is 0.0620 e. The highest BCUT2D eigenvalue weighted by Gasteiger charge is 2.20. The first-order valence-corrected chi connectivity index (χ1v) is 18.3. The monoisotopic (exact) mass is 642 g/mol. The molecule has 0 radical (unpaired) electrons. The average Bonchev–Trinajstić information content (AvgIpc) is 3.15. The highest BCUT2D eigenvalue weighted by Crippen LogP contribution is 2.33. The van der Waals surface area contributed by atoms with Crippen molar-refractivity contribution < 1.29 is 0 Å². The third kappa shape index (κ3) is 6.23. The summed E-state index contributed by atoms with van der Waals surface area (Å²) in [5, 5.41) is 0. The molecule has 0 saturated carbocycles. The third-order valence-electron chi connectivity index (χ3n) is 11.3. The van der Waals surface area contributed by atoms with E-state index >= 15 is 0 Å². The molecule has 0 heterocycles. The lowest BCUT2D eigenvalue weighted by Crippen LogP contribution is -2.07. The zero-order chi connectivity index (χ0) is 33.3. The van der Waals surface area contributed by atoms with Crippen LogP contribution >= 0.6 is 0 Å². The molecule has 7 aromatic rings. The molecule has 0 atom stereocenters. The van der Waals surface area contributed by atoms with Crippen LogP contribution in [-0.2, 0) is 51.4 Å². The van der Waals surface area contributed by atoms with E-state index in [2.05, 4.69) is 158 Å². The first kappa shape index (κ1) is 30.6. The van der Waals surface area contributed by atoms with Crippen molar-refractivity contribution in [2.45, 2.75) is 51.4 Å². The molecule has 4 bridgehead atoms. The zero-order valence-electron chi connectivity index (χ0n) is 28.7. The van der Waals surface area contributed by atoms with Gasteiger partial charge < -0.3 is 0 Å². The number of fused-ring (bicyclic) bond motifs is 12. The second-order valence-corrected chi connectivity index (χ2v) is 14.4. The van der Waals surface area contributed by atoms with Crippen LogP contribution in [0.2, 0.25) is 0 Å². The van der Waals surface area contributed by atoms with Crippen LogP contribution in [0.15, 0.2) is 158 Å². The van der Waals surface area contributed by atoms with Gasteiger partial charge in [0, 0.05) is 0 Å². The van der Waals surface area contributed by atoms with E-state index < -0.39 is 0 Å². The molecular weight excluding hydrogens is 601 g/mol. The minimum Gasteiger partial charge on any atom is -0.0620 e. The summed E-state index contributed by atoms with van der Waals surface area (Å²) < 4.78 is 0. The van der Waals surface area contributed by atoms with Crippen LogP contribution in [-0.4, -0.2) is 0 Å². The molecule has 0 aliphatic heterocycles. The Kier molecular flexibility index (Phi) is 8.23. The molecule has 0 N–H and O–H groups in total. The van der Waals surface area contributed by atoms with Gasteiger partial charge in [0.05, 0.1) is 0 Å². The number of hydrogen-bond acceptors (Lipinski definition) is 0. The summed E-state index contributed by atoms with van der Waals surface area (Å²) in [6.07, 6.45) is 7.55. The Hall–Kier alpha value is -5.46. The van der Waals surface area contributed by atoms with Crippen molar-refractivity contribution in [1.82, 2.24) is 0 Å². The molecule has 0 unspecified atom stereocenters. The van der Waals surface area contributed by atoms with Crippen LogP contribution in [0.3, 0.4) is 0 Å². The normalized spacial score (nSPS) is 13.8. The molecule has 9 rings (SSSR count). The van der Waals surface area contributed by atoms with E-state index in [1.165, 1.54) is 89.0 Å². The maximum atomic E-state index is 2.60. The second-order valence-electron chi connectivity index (χ2n) is 14.4. The standard InChI is InChI=1S/C50H42/c1-2-14-36-26-40-18-6-10-22-44(40)30-48-33-47(29-43-21-9-5-17-39(43)25-35(36)13-1)49-31-45-23-11-7-19-41(45)27-37-15-3-4-16-38(37)28-42-20-8-12-24-46(42)32-50(48)34-49/h1-24,33-34H,25-32H2. The van der Waals surface area contributed by atoms with Gasteiger partial charge in [0.15, 0.2) is 0 Å². The Balaban J connectivity index is 1.27. The van der Waals surface area contributed by atoms with E-state index in [0.29, 0.717) is 0 Å². The quantitative estimate of drug-likeness (QED) is 0.154. The molecule has 0 spiro atoms. The van der Waals surface area contributed by atoms with E-state index in [1.54, 1.807) is 0 Å². The lowest BCUT2D eigenvalue weighted by molar-refractivity contribution is 0.999. The van der Waals surface area contributed by atoms with E-state index in [9.17, 15) is 0 Å². The summed E-state index contributed by atoms with van der Waals surface area (Å²) in [5.41, 5.74) is 23.0. The maximum absolute atomic E-state index is 2.60. The Bertz CT molecular complexity index is 2010. The fourth-order valence-electron chi connectivity index (χ4n) is 8.51. The van der Waals surface area contributed by atoms with Gasteiger partial charge in [-0.3, -0.25) is 0 Å². The Morgan fingerprint density at radius 2 is 0.280 bits per heavy atom. The fourth-order valence-corrected chi connectivity index (χ4v) is 8.51. The van der Waals surface area contributed by atoms with Crippen LogP contribution in [0, 0.1) is 0 Å². The van der Waals surface area contributed by atoms with Gasteiger partial charge in [-0.2, -0.15) is 0 Å². The lowest BCUT2D eigenvalue weighted by Gasteiger charge is -2.20. The summed E-state index contributed by atoms with van der Waals surface area (Å²) >= 11 is 0. The van der Waals surface area contributed by atoms with Crippen molar-refractivity contribution in [1.29, 1.82) is 0 Å². The average molecular weight is 643 g/mol. The van der Waals surface area contributed by atoms with Crippen molar-refractivity contribution in [2.75, 3.05) is 0 Å². The summed E-state index contributed by atoms with van der Waals surface area (Å²) in [5.74, 6) is 0. The van der Waals surface area contributed by atoms with Crippen LogP contribution in [0.4, 0.5) is 0 Å². The lowest BCUT2D eigenvalue weighted by atomic mass is 9.84. The van der Waals surface area contributed by atoms with Crippen molar-refractivity contribution in [2.24, 2.45) is 0 Å². The molecule has 0 heteroatoms. The van der Waals surface area contributed by atoms with Crippen LogP contribution in [0.1, 0.15) is 89.0 Å². The second kappa shape index (κ2) is 13.4. The Morgan fingerprint density at radius 1 is 0.160 bits per heavy atom. The van der Waals surface area contributed by atoms with Gasteiger partial charge in [-0.25, -0.2) is 0 Å². The highest BCUT2D eigenvalue weighted by molar-refractivity contribution is 5.52. The van der Waals surface area contributed by atoms with Crippen molar-refractivity contribution in [3.05, 3.63) is 247 Å². The first-order chi connectivity index (χ1) is 24.7. The summed E-state index contributed by atoms with van der Waals surface area (Å²) in [6.45, 7) is 0. The summed E-state index contributed by atoms with van der Waals surface area (Å²) in [6, 6.07) is 60.1. The molecule has 0 nitrogen and oxygen atoms in total. The predicted molar refractivity (Wildman–Crippen MR) is 208 cm³/mol. The Labute approximate surface area is 297 Å². The summed E-state index contributed by atoms with van der Waals surface area (Å²) in [7, 11) is 0. The van der Waals surface area contributed by atoms with Crippen LogP contribution in [0.25, 0.3) is 0 Å². The fraction of sp³-hybridized carbons (Fsp3) is 0.160. The highest BCUT2D eigenvalue weighted by atomic mass is 14.2. The van der Waals surface area contributed by atoms with Crippen LogP contribution < -0.4 is 0 Å². The van der Waals surface area contributed by atoms with Gasteiger partial charge >= 0.3 is 0 Å². The predicted octanol–water partition coefficient (Wildman–Crippen LogP) is 11.0. The minimum atomic E-state index is 0.935. The maximum Gasteiger partial charge on any atom is -0.00200 e. The van der Waals surface area contributed by atoms with Gasteiger partial charge in [0.2, 0.25) is 0 Å². The van der Waals surface area contributed by atoms with E-state index in [-0.39, 0.29) is 0 Å². The van der Waals surface area contributed by atoms with Crippen LogP contribution in [0.5, 0.6) is 0 Å². The minimum absolute atomic E-state index is 0.935. The zero-order valence-corrected chi connectivity index (χ0v) is 28.7. The number of benzene rings is 7. The van der Waals surface area contributed by atoms with Gasteiger partial charge in [-0.1, -0.05) is 158 Å². The number of rotatable bonds is 0. The van der Waals surface area contributed by atoms with Gasteiger partial charge in [-0.15, -0.1) is 0 Å². The smallest absolute Gasteiger partial charge is 0.00200 e. The van der Waals surface area contributed by atoms with Crippen molar-refractivity contribution in [3.63, 3.8) is 0 Å². The molecule has 2 aliphatic rings. The molecule has 0 fully saturated rings. The molecule has 0 amide bonds. The van der Waals surface area contributed by atoms with Gasteiger partial charge in [0.25, 0.3) is 0 Å². The van der Waals surface area contributed by atoms with Crippen molar-refractivity contribution in [3.8, 4) is 0 Å². The Morgan fingerprint density at radius 3 is 0.420 bits per heavy atom. The van der Waals surface area contributed by atoms with E-state index in [0.717, 1.165) is 51.4 Å². The first-order valence-electron chi connectivity index (χ1n) is 18.3.